The zero-order chi connectivity index (χ0) is 28.3. The number of amides is 2. The van der Waals surface area contributed by atoms with Gasteiger partial charge in [-0.05, 0) is 60.0 Å². The number of carbonyl (C=O) groups excluding carboxylic acids is 2. The second kappa shape index (κ2) is 11.8. The Balaban J connectivity index is 1.70. The van der Waals surface area contributed by atoms with Gasteiger partial charge in [0.25, 0.3) is 5.91 Å². The van der Waals surface area contributed by atoms with E-state index in [-0.39, 0.29) is 40.6 Å². The molecule has 1 aromatic heterocycles. The Morgan fingerprint density at radius 2 is 1.82 bits per heavy atom. The maximum absolute atomic E-state index is 13.8. The van der Waals surface area contributed by atoms with Gasteiger partial charge in [-0.25, -0.2) is 9.18 Å². The van der Waals surface area contributed by atoms with Crippen molar-refractivity contribution in [3.05, 3.63) is 96.6 Å². The third kappa shape index (κ3) is 6.80. The molecule has 0 unspecified atom stereocenters. The Bertz CT molecular complexity index is 1460. The molecule has 206 valence electrons. The topological polar surface area (TPSA) is 89.9 Å². The van der Waals surface area contributed by atoms with Crippen molar-refractivity contribution in [1.82, 2.24) is 14.8 Å². The van der Waals surface area contributed by atoms with Crippen LogP contribution in [0.25, 0.3) is 0 Å². The number of benzene rings is 2. The predicted molar refractivity (Wildman–Crippen MR) is 148 cm³/mol. The number of rotatable bonds is 7. The van der Waals surface area contributed by atoms with Crippen LogP contribution in [-0.2, 0) is 31.0 Å². The van der Waals surface area contributed by atoms with Gasteiger partial charge < -0.3 is 24.3 Å². The van der Waals surface area contributed by atoms with E-state index in [1.165, 1.54) is 12.1 Å². The van der Waals surface area contributed by atoms with Crippen molar-refractivity contribution in [1.29, 1.82) is 0 Å². The summed E-state index contributed by atoms with van der Waals surface area (Å²) in [7, 11) is 0. The van der Waals surface area contributed by atoms with Crippen molar-refractivity contribution in [2.45, 2.75) is 52.6 Å². The van der Waals surface area contributed by atoms with Crippen LogP contribution in [0.4, 0.5) is 9.18 Å². The van der Waals surface area contributed by atoms with E-state index in [2.05, 4.69) is 21.2 Å². The summed E-state index contributed by atoms with van der Waals surface area (Å²) in [4.78, 5) is 41.2. The first-order valence-electron chi connectivity index (χ1n) is 12.3. The molecule has 0 saturated heterocycles. The Hall–Kier alpha value is -3.37. The molecule has 0 spiro atoms. The number of hydrogen-bond acceptors (Lipinski definition) is 5. The predicted octanol–water partition coefficient (Wildman–Crippen LogP) is 5.66. The number of pyridine rings is 1. The number of carbonyl (C=O) groups is 2. The molecule has 2 amide bonds. The van der Waals surface area contributed by atoms with Gasteiger partial charge in [-0.2, -0.15) is 0 Å². The number of nitrogens with zero attached hydrogens (tertiary/aromatic N) is 2. The summed E-state index contributed by atoms with van der Waals surface area (Å²) in [5, 5.41) is 2.62. The first-order valence-corrected chi connectivity index (χ1v) is 13.4. The van der Waals surface area contributed by atoms with Gasteiger partial charge in [0.2, 0.25) is 5.43 Å². The molecule has 3 aromatic rings. The number of halogens is 3. The molecule has 2 heterocycles. The molecule has 0 atom stereocenters. The molecule has 1 aliphatic rings. The number of hydrogen-bond donors (Lipinski definition) is 1. The van der Waals surface area contributed by atoms with Gasteiger partial charge in [-0.1, -0.05) is 48.0 Å². The van der Waals surface area contributed by atoms with Crippen LogP contribution >= 0.6 is 27.5 Å². The van der Waals surface area contributed by atoms with Gasteiger partial charge >= 0.3 is 6.09 Å². The lowest BCUT2D eigenvalue weighted by molar-refractivity contribution is 0.0522. The summed E-state index contributed by atoms with van der Waals surface area (Å²) in [5.74, 6) is -1.09. The van der Waals surface area contributed by atoms with E-state index in [1.54, 1.807) is 36.3 Å². The summed E-state index contributed by atoms with van der Waals surface area (Å²) in [6.07, 6.45) is -0.655. The van der Waals surface area contributed by atoms with E-state index in [0.717, 1.165) is 5.56 Å². The minimum atomic E-state index is -0.702. The van der Waals surface area contributed by atoms with E-state index < -0.39 is 28.8 Å². The number of aromatic nitrogens is 1. The van der Waals surface area contributed by atoms with Crippen molar-refractivity contribution in [2.75, 3.05) is 6.54 Å². The van der Waals surface area contributed by atoms with Crippen molar-refractivity contribution in [2.24, 2.45) is 0 Å². The van der Waals surface area contributed by atoms with E-state index in [9.17, 15) is 18.8 Å². The zero-order valence-corrected chi connectivity index (χ0v) is 24.1. The van der Waals surface area contributed by atoms with E-state index in [4.69, 9.17) is 21.1 Å². The molecule has 39 heavy (non-hydrogen) atoms. The van der Waals surface area contributed by atoms with Crippen LogP contribution in [0.5, 0.6) is 5.75 Å². The van der Waals surface area contributed by atoms with Crippen LogP contribution < -0.4 is 15.5 Å². The second-order valence-electron chi connectivity index (χ2n) is 10.0. The maximum Gasteiger partial charge on any atom is 0.407 e. The van der Waals surface area contributed by atoms with Crippen LogP contribution in [0.15, 0.2) is 57.8 Å². The average Bonchev–Trinajstić information content (AvgIpc) is 2.87. The van der Waals surface area contributed by atoms with Crippen molar-refractivity contribution in [3.8, 4) is 5.75 Å². The molecular weight excluding hydrogens is 593 g/mol. The van der Waals surface area contributed by atoms with Gasteiger partial charge in [0, 0.05) is 19.6 Å². The molecule has 11 heteroatoms. The number of ether oxygens (including phenoxy) is 2. The monoisotopic (exact) mass is 619 g/mol. The Morgan fingerprint density at radius 3 is 2.49 bits per heavy atom. The molecule has 0 radical (unpaired) electrons. The molecule has 0 saturated carbocycles. The van der Waals surface area contributed by atoms with Crippen molar-refractivity contribution in [3.63, 3.8) is 0 Å². The van der Waals surface area contributed by atoms with E-state index in [1.807, 2.05) is 30.3 Å². The molecule has 0 bridgehead atoms. The SMILES string of the molecule is CC(C)(C)OC(=O)NCc1c(Br)c(=O)c(OCc2ccccc2)c2n1CCN(Cc1ccc(F)c(Cl)c1)C2=O. The lowest BCUT2D eigenvalue weighted by Gasteiger charge is -2.33. The number of alkyl carbamates (subject to hydrolysis) is 1. The Kier molecular flexibility index (Phi) is 8.66. The summed E-state index contributed by atoms with van der Waals surface area (Å²) in [5.41, 5.74) is 0.722. The van der Waals surface area contributed by atoms with Gasteiger partial charge in [0.1, 0.15) is 18.0 Å². The van der Waals surface area contributed by atoms with Crippen molar-refractivity contribution >= 4 is 39.5 Å². The molecule has 2 aromatic carbocycles. The highest BCUT2D eigenvalue weighted by Crippen LogP contribution is 2.29. The van der Waals surface area contributed by atoms with Crippen LogP contribution in [0.2, 0.25) is 5.02 Å². The summed E-state index contributed by atoms with van der Waals surface area (Å²) < 4.78 is 26.8. The van der Waals surface area contributed by atoms with Crippen LogP contribution in [0, 0.1) is 5.82 Å². The van der Waals surface area contributed by atoms with Crippen LogP contribution in [-0.4, -0.2) is 33.6 Å². The minimum Gasteiger partial charge on any atom is -0.483 e. The highest BCUT2D eigenvalue weighted by molar-refractivity contribution is 9.10. The highest BCUT2D eigenvalue weighted by Gasteiger charge is 2.33. The first kappa shape index (κ1) is 28.6. The zero-order valence-electron chi connectivity index (χ0n) is 21.7. The van der Waals surface area contributed by atoms with Gasteiger partial charge in [-0.15, -0.1) is 0 Å². The standard InChI is InChI=1S/C28H28BrClFN3O5/c1-28(2,3)39-27(37)32-14-21-22(29)24(35)25(38-16-17-7-5-4-6-8-17)23-26(36)33(11-12-34(21)23)15-18-9-10-20(31)19(30)13-18/h4-10,13H,11-12,14-16H2,1-3H3,(H,32,37). The summed E-state index contributed by atoms with van der Waals surface area (Å²) in [6, 6.07) is 13.5. The number of nitrogens with one attached hydrogen (secondary N) is 1. The van der Waals surface area contributed by atoms with Crippen molar-refractivity contribution < 1.29 is 23.5 Å². The van der Waals surface area contributed by atoms with Gasteiger partial charge in [0.05, 0.1) is 21.7 Å². The van der Waals surface area contributed by atoms with Gasteiger partial charge in [-0.3, -0.25) is 9.59 Å². The van der Waals surface area contributed by atoms with Gasteiger partial charge in [0.15, 0.2) is 11.4 Å². The largest absolute Gasteiger partial charge is 0.483 e. The molecule has 1 N–H and O–H groups in total. The average molecular weight is 621 g/mol. The Morgan fingerprint density at radius 1 is 1.10 bits per heavy atom. The summed E-state index contributed by atoms with van der Waals surface area (Å²) >= 11 is 9.31. The molecule has 0 fully saturated rings. The normalized spacial score (nSPS) is 13.2. The van der Waals surface area contributed by atoms with E-state index >= 15 is 0 Å². The fourth-order valence-corrected chi connectivity index (χ4v) is 4.90. The summed E-state index contributed by atoms with van der Waals surface area (Å²) in [6.45, 7) is 6.03. The lowest BCUT2D eigenvalue weighted by atomic mass is 10.1. The maximum atomic E-state index is 13.8. The minimum absolute atomic E-state index is 0.0418. The van der Waals surface area contributed by atoms with Crippen LogP contribution in [0.1, 0.15) is 48.1 Å². The molecule has 4 rings (SSSR count). The highest BCUT2D eigenvalue weighted by atomic mass is 79.9. The third-order valence-electron chi connectivity index (χ3n) is 5.94. The fraction of sp³-hybridized carbons (Fsp3) is 0.321. The second-order valence-corrected chi connectivity index (χ2v) is 11.2. The quantitative estimate of drug-likeness (QED) is 0.368. The molecule has 8 nitrogen and oxygen atoms in total. The van der Waals surface area contributed by atoms with E-state index in [0.29, 0.717) is 24.3 Å². The molecule has 1 aliphatic heterocycles. The smallest absolute Gasteiger partial charge is 0.407 e. The Labute approximate surface area is 238 Å². The fourth-order valence-electron chi connectivity index (χ4n) is 4.16. The van der Waals surface area contributed by atoms with Crippen LogP contribution in [0.3, 0.4) is 0 Å². The lowest BCUT2D eigenvalue weighted by Crippen LogP contribution is -2.43. The first-order chi connectivity index (χ1) is 18.4. The third-order valence-corrected chi connectivity index (χ3v) is 7.04. The molecular formula is C28H28BrClFN3O5. The number of fused-ring (bicyclic) bond motifs is 1. The molecule has 0 aliphatic carbocycles.